The molecule has 7 nitrogen and oxygen atoms in total. The number of aromatic nitrogens is 1. The van der Waals surface area contributed by atoms with E-state index in [1.54, 1.807) is 11.6 Å². The second-order valence-corrected chi connectivity index (χ2v) is 10.4. The van der Waals surface area contributed by atoms with Crippen molar-refractivity contribution in [2.24, 2.45) is 4.99 Å². The van der Waals surface area contributed by atoms with Gasteiger partial charge in [0.05, 0.1) is 28.3 Å². The molecule has 166 valence electrons. The van der Waals surface area contributed by atoms with Crippen LogP contribution in [0.2, 0.25) is 0 Å². The third kappa shape index (κ3) is 4.35. The lowest BCUT2D eigenvalue weighted by Crippen LogP contribution is -2.28. The summed E-state index contributed by atoms with van der Waals surface area (Å²) in [7, 11) is -1.97. The molecule has 0 saturated heterocycles. The van der Waals surface area contributed by atoms with E-state index in [4.69, 9.17) is 11.2 Å². The standard InChI is InChI=1S/C23H23N3O4S2/c1-4-14-26-20-13-10-18(30-5-2)15-21(20)31-23(26)24-22(27)16-6-11-19(12-7-16)32(28,29)25(3)17-8-9-17/h1,6-7,10-13,15,17H,5,8-9,14H2,2-3H3. The van der Waals surface area contributed by atoms with E-state index in [1.807, 2.05) is 25.1 Å². The van der Waals surface area contributed by atoms with Gasteiger partial charge in [0.1, 0.15) is 5.75 Å². The molecule has 3 aromatic rings. The van der Waals surface area contributed by atoms with Crippen LogP contribution in [0.1, 0.15) is 30.1 Å². The molecular weight excluding hydrogens is 446 g/mol. The molecule has 1 aliphatic rings. The molecule has 0 atom stereocenters. The average molecular weight is 470 g/mol. The van der Waals surface area contributed by atoms with Crippen molar-refractivity contribution < 1.29 is 17.9 Å². The van der Waals surface area contributed by atoms with Gasteiger partial charge in [-0.1, -0.05) is 17.3 Å². The normalized spacial score (nSPS) is 14.6. The molecular formula is C23H23N3O4S2. The average Bonchev–Trinajstić information content (AvgIpc) is 3.58. The molecule has 1 amide bonds. The van der Waals surface area contributed by atoms with Crippen LogP contribution in [0.25, 0.3) is 10.2 Å². The summed E-state index contributed by atoms with van der Waals surface area (Å²) in [5.41, 5.74) is 1.17. The smallest absolute Gasteiger partial charge is 0.279 e. The van der Waals surface area contributed by atoms with Crippen molar-refractivity contribution in [3.05, 3.63) is 52.8 Å². The van der Waals surface area contributed by atoms with Gasteiger partial charge in [-0.3, -0.25) is 4.79 Å². The van der Waals surface area contributed by atoms with Crippen LogP contribution < -0.4 is 9.54 Å². The highest BCUT2D eigenvalue weighted by atomic mass is 32.2. The highest BCUT2D eigenvalue weighted by Gasteiger charge is 2.35. The third-order valence-corrected chi connectivity index (χ3v) is 8.22. The summed E-state index contributed by atoms with van der Waals surface area (Å²) in [5.74, 6) is 2.87. The number of carbonyl (C=O) groups excluding carboxylic acids is 1. The first-order chi connectivity index (χ1) is 15.3. The number of amides is 1. The van der Waals surface area contributed by atoms with Crippen molar-refractivity contribution in [2.45, 2.75) is 37.2 Å². The highest BCUT2D eigenvalue weighted by Crippen LogP contribution is 2.30. The Balaban J connectivity index is 1.67. The van der Waals surface area contributed by atoms with Crippen molar-refractivity contribution in [3.8, 4) is 18.1 Å². The summed E-state index contributed by atoms with van der Waals surface area (Å²) in [6, 6.07) is 11.6. The summed E-state index contributed by atoms with van der Waals surface area (Å²) in [6.45, 7) is 2.74. The first-order valence-electron chi connectivity index (χ1n) is 10.2. The van der Waals surface area contributed by atoms with E-state index in [-0.39, 0.29) is 17.5 Å². The maximum absolute atomic E-state index is 12.8. The molecule has 0 bridgehead atoms. The van der Waals surface area contributed by atoms with E-state index < -0.39 is 15.9 Å². The quantitative estimate of drug-likeness (QED) is 0.498. The number of thiazole rings is 1. The van der Waals surface area contributed by atoms with Gasteiger partial charge >= 0.3 is 0 Å². The minimum Gasteiger partial charge on any atom is -0.494 e. The van der Waals surface area contributed by atoms with Crippen LogP contribution in [0.5, 0.6) is 5.75 Å². The Kier molecular flexibility index (Phi) is 6.20. The minimum atomic E-state index is -3.56. The summed E-state index contributed by atoms with van der Waals surface area (Å²) < 4.78 is 35.0. The fourth-order valence-corrected chi connectivity index (χ4v) is 5.83. The number of rotatable bonds is 7. The molecule has 1 aromatic heterocycles. The fraction of sp³-hybridized carbons (Fsp3) is 0.304. The van der Waals surface area contributed by atoms with Crippen molar-refractivity contribution in [3.63, 3.8) is 0 Å². The molecule has 0 radical (unpaired) electrons. The number of benzene rings is 2. The zero-order valence-corrected chi connectivity index (χ0v) is 19.4. The number of hydrogen-bond donors (Lipinski definition) is 0. The van der Waals surface area contributed by atoms with Crippen LogP contribution in [-0.4, -0.2) is 42.9 Å². The van der Waals surface area contributed by atoms with Crippen LogP contribution in [0, 0.1) is 12.3 Å². The van der Waals surface area contributed by atoms with Crippen molar-refractivity contribution >= 4 is 37.5 Å². The van der Waals surface area contributed by atoms with Crippen LogP contribution in [-0.2, 0) is 16.6 Å². The Labute approximate surface area is 191 Å². The number of ether oxygens (including phenoxy) is 1. The Morgan fingerprint density at radius 2 is 2.00 bits per heavy atom. The lowest BCUT2D eigenvalue weighted by Gasteiger charge is -2.16. The number of sulfonamides is 1. The number of fused-ring (bicyclic) bond motifs is 1. The van der Waals surface area contributed by atoms with Gasteiger partial charge in [-0.05, 0) is 62.2 Å². The van der Waals surface area contributed by atoms with Gasteiger partial charge in [-0.2, -0.15) is 9.30 Å². The maximum Gasteiger partial charge on any atom is 0.279 e. The second-order valence-electron chi connectivity index (χ2n) is 7.43. The Morgan fingerprint density at radius 3 is 2.62 bits per heavy atom. The first-order valence-corrected chi connectivity index (χ1v) is 12.5. The largest absolute Gasteiger partial charge is 0.494 e. The topological polar surface area (TPSA) is 81.0 Å². The summed E-state index contributed by atoms with van der Waals surface area (Å²) in [5, 5.41) is 0. The van der Waals surface area contributed by atoms with Gasteiger partial charge in [-0.15, -0.1) is 6.42 Å². The lowest BCUT2D eigenvalue weighted by atomic mass is 10.2. The van der Waals surface area contributed by atoms with Gasteiger partial charge in [0, 0.05) is 18.7 Å². The monoisotopic (exact) mass is 469 g/mol. The molecule has 0 unspecified atom stereocenters. The van der Waals surface area contributed by atoms with Crippen molar-refractivity contribution in [2.75, 3.05) is 13.7 Å². The number of terminal acetylenes is 1. The third-order valence-electron chi connectivity index (χ3n) is 5.25. The number of nitrogens with zero attached hydrogens (tertiary/aromatic N) is 3. The van der Waals surface area contributed by atoms with Crippen molar-refractivity contribution in [1.29, 1.82) is 0 Å². The number of carbonyl (C=O) groups is 1. The zero-order valence-electron chi connectivity index (χ0n) is 17.8. The maximum atomic E-state index is 12.8. The van der Waals surface area contributed by atoms with Crippen LogP contribution >= 0.6 is 11.3 Å². The Morgan fingerprint density at radius 1 is 1.28 bits per heavy atom. The molecule has 32 heavy (non-hydrogen) atoms. The van der Waals surface area contributed by atoms with E-state index in [2.05, 4.69) is 10.9 Å². The molecule has 9 heteroatoms. The summed E-state index contributed by atoms with van der Waals surface area (Å²) in [6.07, 6.45) is 7.29. The summed E-state index contributed by atoms with van der Waals surface area (Å²) in [4.78, 5) is 17.7. The first kappa shape index (κ1) is 22.3. The molecule has 1 aliphatic carbocycles. The number of hydrogen-bond acceptors (Lipinski definition) is 5. The van der Waals surface area contributed by atoms with Gasteiger partial charge in [0.2, 0.25) is 10.0 Å². The Bertz CT molecular complexity index is 1380. The molecule has 0 spiro atoms. The molecule has 2 aromatic carbocycles. The van der Waals surface area contributed by atoms with Gasteiger partial charge < -0.3 is 9.30 Å². The van der Waals surface area contributed by atoms with Gasteiger partial charge in [-0.25, -0.2) is 8.42 Å². The van der Waals surface area contributed by atoms with Crippen LogP contribution in [0.4, 0.5) is 0 Å². The van der Waals surface area contributed by atoms with Crippen LogP contribution in [0.3, 0.4) is 0 Å². The van der Waals surface area contributed by atoms with Gasteiger partial charge in [0.25, 0.3) is 5.91 Å². The highest BCUT2D eigenvalue weighted by molar-refractivity contribution is 7.89. The fourth-order valence-electron chi connectivity index (χ4n) is 3.36. The predicted octanol–water partition coefficient (Wildman–Crippen LogP) is 3.26. The van der Waals surface area contributed by atoms with E-state index >= 15 is 0 Å². The molecule has 4 rings (SSSR count). The van der Waals surface area contributed by atoms with E-state index in [9.17, 15) is 13.2 Å². The van der Waals surface area contributed by atoms with E-state index in [0.717, 1.165) is 28.8 Å². The van der Waals surface area contributed by atoms with Gasteiger partial charge in [0.15, 0.2) is 4.80 Å². The molecule has 0 aliphatic heterocycles. The predicted molar refractivity (Wildman–Crippen MR) is 124 cm³/mol. The van der Waals surface area contributed by atoms with Crippen molar-refractivity contribution in [1.82, 2.24) is 8.87 Å². The molecule has 1 fully saturated rings. The Hall–Kier alpha value is -2.93. The molecule has 0 N–H and O–H groups in total. The lowest BCUT2D eigenvalue weighted by molar-refractivity contribution is 0.0998. The second kappa shape index (κ2) is 8.90. The zero-order chi connectivity index (χ0) is 22.9. The summed E-state index contributed by atoms with van der Waals surface area (Å²) >= 11 is 1.35. The van der Waals surface area contributed by atoms with E-state index in [0.29, 0.717) is 17.0 Å². The van der Waals surface area contributed by atoms with Crippen LogP contribution in [0.15, 0.2) is 52.4 Å². The SMILES string of the molecule is C#CCn1c(=NC(=O)c2ccc(S(=O)(=O)N(C)C3CC3)cc2)sc2cc(OCC)ccc21. The molecule has 1 saturated carbocycles. The molecule has 1 heterocycles. The van der Waals surface area contributed by atoms with E-state index in [1.165, 1.54) is 39.9 Å². The minimum absolute atomic E-state index is 0.0686.